The fourth-order valence-corrected chi connectivity index (χ4v) is 2.57. The number of H-pyrrole nitrogens is 2. The molecule has 1 atom stereocenters. The Balaban J connectivity index is 2.42. The van der Waals surface area contributed by atoms with Crippen LogP contribution >= 0.6 is 11.9 Å². The van der Waals surface area contributed by atoms with E-state index in [0.29, 0.717) is 3.97 Å². The van der Waals surface area contributed by atoms with Gasteiger partial charge in [0.25, 0.3) is 0 Å². The van der Waals surface area contributed by atoms with E-state index >= 15 is 0 Å². The highest BCUT2D eigenvalue weighted by Crippen LogP contribution is 2.07. The Morgan fingerprint density at radius 3 is 2.30 bits per heavy atom. The minimum atomic E-state index is -2.80. The number of aromatic amines is 2. The summed E-state index contributed by atoms with van der Waals surface area (Å²) in [6.07, 6.45) is -1.43. The van der Waals surface area contributed by atoms with Crippen molar-refractivity contribution in [3.05, 3.63) is 31.5 Å². The monoisotopic (exact) mass is 501 g/mol. The zero-order valence-electron chi connectivity index (χ0n) is 17.0. The van der Waals surface area contributed by atoms with Crippen LogP contribution in [-0.2, 0) is 33.3 Å². The van der Waals surface area contributed by atoms with Crippen LogP contribution in [0.25, 0.3) is 0 Å². The van der Waals surface area contributed by atoms with Gasteiger partial charge in [-0.25, -0.2) is 24.0 Å². The number of aliphatic hydroxyl groups is 3. The first-order valence-corrected chi connectivity index (χ1v) is 9.99. The number of nitrogens with one attached hydrogen (secondary N) is 2. The average Bonchev–Trinajstić information content (AvgIpc) is 2.73. The van der Waals surface area contributed by atoms with Gasteiger partial charge in [-0.2, -0.15) is 3.97 Å². The quantitative estimate of drug-likeness (QED) is 0.0539. The van der Waals surface area contributed by atoms with E-state index in [1.54, 1.807) is 0 Å². The van der Waals surface area contributed by atoms with Crippen LogP contribution in [0.2, 0.25) is 0 Å². The van der Waals surface area contributed by atoms with Gasteiger partial charge in [-0.15, -0.1) is 0 Å². The van der Waals surface area contributed by atoms with E-state index in [0.717, 1.165) is 11.9 Å². The molecule has 0 bridgehead atoms. The predicted octanol–water partition coefficient (Wildman–Crippen LogP) is -4.63. The number of esters is 1. The van der Waals surface area contributed by atoms with Crippen molar-refractivity contribution in [3.63, 3.8) is 0 Å². The van der Waals surface area contributed by atoms with Gasteiger partial charge in [-0.1, -0.05) is 0 Å². The number of carboxylic acid groups (broad SMARTS) is 1. The van der Waals surface area contributed by atoms with Gasteiger partial charge in [0, 0.05) is 5.75 Å². The van der Waals surface area contributed by atoms with Crippen LogP contribution in [0.5, 0.6) is 0 Å². The fraction of sp³-hybridized carbons (Fsp3) is 0.667. The molecular weight excluding hydrogens is 478 g/mol. The largest absolute Gasteiger partial charge is 0.473 e. The predicted molar refractivity (Wildman–Crippen MR) is 105 cm³/mol. The highest BCUT2D eigenvalue weighted by atomic mass is 32.2. The van der Waals surface area contributed by atoms with Crippen molar-refractivity contribution in [1.82, 2.24) is 13.9 Å². The van der Waals surface area contributed by atoms with E-state index in [1.807, 2.05) is 9.97 Å². The third kappa shape index (κ3) is 11.7. The number of hydrogen-bond donors (Lipinski definition) is 6. The average molecular weight is 501 g/mol. The molecule has 0 amide bonds. The van der Waals surface area contributed by atoms with Crippen LogP contribution in [0.1, 0.15) is 0 Å². The lowest BCUT2D eigenvalue weighted by Crippen LogP contribution is -2.41. The third-order valence-corrected chi connectivity index (χ3v) is 4.14. The summed E-state index contributed by atoms with van der Waals surface area (Å²) in [7, 11) is 0. The Bertz CT molecular complexity index is 891. The molecule has 0 radical (unpaired) electrons. The Kier molecular flexibility index (Phi) is 12.5. The highest BCUT2D eigenvalue weighted by molar-refractivity contribution is 7.97. The van der Waals surface area contributed by atoms with Gasteiger partial charge in [0.2, 0.25) is 0 Å². The molecule has 1 rings (SSSR count). The number of ether oxygens (including phenoxy) is 5. The summed E-state index contributed by atoms with van der Waals surface area (Å²) in [4.78, 5) is 59.3. The minimum absolute atomic E-state index is 0.0456. The molecule has 0 aliphatic rings. The van der Waals surface area contributed by atoms with Gasteiger partial charge in [-0.05, 0) is 11.9 Å². The van der Waals surface area contributed by atoms with Gasteiger partial charge < -0.3 is 44.1 Å². The molecule has 0 saturated heterocycles. The number of aliphatic carboxylic acids is 1. The van der Waals surface area contributed by atoms with Crippen molar-refractivity contribution < 1.29 is 53.7 Å². The van der Waals surface area contributed by atoms with Crippen molar-refractivity contribution in [3.8, 4) is 0 Å². The number of carbonyl (C=O) groups excluding carboxylic acids is 1. The molecule has 1 aromatic heterocycles. The maximum absolute atomic E-state index is 11.5. The summed E-state index contributed by atoms with van der Waals surface area (Å²) in [5, 5.41) is 36.2. The molecule has 0 saturated carbocycles. The number of aromatic nitrogens is 3. The zero-order chi connectivity index (χ0) is 24.9. The topological polar surface area (TPSA) is 249 Å². The molecular formula is C15H23N3O14S. The van der Waals surface area contributed by atoms with Crippen molar-refractivity contribution in [1.29, 1.82) is 0 Å². The Morgan fingerprint density at radius 1 is 1.03 bits per heavy atom. The molecule has 1 unspecified atom stereocenters. The van der Waals surface area contributed by atoms with Gasteiger partial charge in [-0.3, -0.25) is 9.97 Å². The van der Waals surface area contributed by atoms with E-state index in [4.69, 9.17) is 24.4 Å². The molecule has 6 N–H and O–H groups in total. The molecule has 18 heteroatoms. The number of hydrogen-bond acceptors (Lipinski definition) is 14. The molecule has 1 aromatic rings. The molecule has 0 aromatic carbocycles. The Hall–Kier alpha value is -2.58. The van der Waals surface area contributed by atoms with Crippen LogP contribution in [-0.4, -0.2) is 111 Å². The normalized spacial score (nSPS) is 12.5. The number of carbonyl (C=O) groups is 2. The van der Waals surface area contributed by atoms with E-state index in [9.17, 15) is 34.2 Å². The van der Waals surface area contributed by atoms with Crippen molar-refractivity contribution in [2.45, 2.75) is 12.3 Å². The number of carboxylic acids is 1. The standard InChI is InChI=1S/C15H23N3O14S/c19-1-2-32-15(26,27)8-31-9(7-30-11(22)10(20)21)29-4-3-28-5-6-33-18-13(24)16-12(23)17-14(18)25/h9,19,26-27H,1-8H2,(H,20,21)(H2,16,17,23,24,25). The molecule has 0 spiro atoms. The maximum Gasteiger partial charge on any atom is 0.417 e. The highest BCUT2D eigenvalue weighted by Gasteiger charge is 2.27. The van der Waals surface area contributed by atoms with Crippen molar-refractivity contribution >= 4 is 23.9 Å². The zero-order valence-corrected chi connectivity index (χ0v) is 17.8. The van der Waals surface area contributed by atoms with Crippen LogP contribution < -0.4 is 17.1 Å². The molecule has 0 aliphatic carbocycles. The van der Waals surface area contributed by atoms with E-state index < -0.39 is 67.7 Å². The van der Waals surface area contributed by atoms with E-state index in [2.05, 4.69) is 9.47 Å². The summed E-state index contributed by atoms with van der Waals surface area (Å²) in [6.45, 7) is -2.73. The molecule has 33 heavy (non-hydrogen) atoms. The van der Waals surface area contributed by atoms with Gasteiger partial charge in [0.1, 0.15) is 13.2 Å². The lowest BCUT2D eigenvalue weighted by molar-refractivity contribution is -0.369. The second-order valence-corrected chi connectivity index (χ2v) is 6.79. The molecule has 17 nitrogen and oxygen atoms in total. The second kappa shape index (κ2) is 14.5. The molecule has 1 heterocycles. The van der Waals surface area contributed by atoms with Crippen LogP contribution in [0.4, 0.5) is 0 Å². The smallest absolute Gasteiger partial charge is 0.417 e. The van der Waals surface area contributed by atoms with Crippen LogP contribution in [0.3, 0.4) is 0 Å². The summed E-state index contributed by atoms with van der Waals surface area (Å²) < 4.78 is 25.0. The van der Waals surface area contributed by atoms with Crippen molar-refractivity contribution in [2.24, 2.45) is 0 Å². The fourth-order valence-electron chi connectivity index (χ4n) is 1.87. The van der Waals surface area contributed by atoms with Crippen LogP contribution in [0.15, 0.2) is 14.4 Å². The first-order chi connectivity index (χ1) is 15.6. The number of aliphatic hydroxyl groups excluding tert-OH is 1. The minimum Gasteiger partial charge on any atom is -0.473 e. The van der Waals surface area contributed by atoms with E-state index in [-0.39, 0.29) is 25.6 Å². The summed E-state index contributed by atoms with van der Waals surface area (Å²) in [6, 6.07) is 0. The third-order valence-electron chi connectivity index (χ3n) is 3.20. The second-order valence-electron chi connectivity index (χ2n) is 5.76. The summed E-state index contributed by atoms with van der Waals surface area (Å²) in [5.41, 5.74) is -2.74. The molecule has 188 valence electrons. The van der Waals surface area contributed by atoms with Gasteiger partial charge in [0.05, 0.1) is 33.0 Å². The summed E-state index contributed by atoms with van der Waals surface area (Å²) >= 11 is 0.777. The maximum atomic E-state index is 11.5. The molecule has 0 aliphatic heterocycles. The number of rotatable bonds is 16. The lowest BCUT2D eigenvalue weighted by Gasteiger charge is -2.24. The molecule has 0 fully saturated rings. The number of nitrogens with zero attached hydrogens (tertiary/aromatic N) is 1. The first kappa shape index (κ1) is 28.5. The first-order valence-electron chi connectivity index (χ1n) is 9.05. The van der Waals surface area contributed by atoms with Crippen LogP contribution in [0, 0.1) is 0 Å². The van der Waals surface area contributed by atoms with Crippen molar-refractivity contribution in [2.75, 3.05) is 52.0 Å². The lowest BCUT2D eigenvalue weighted by atomic mass is 10.5. The van der Waals surface area contributed by atoms with Gasteiger partial charge >= 0.3 is 35.0 Å². The van der Waals surface area contributed by atoms with E-state index in [1.165, 1.54) is 0 Å². The Morgan fingerprint density at radius 2 is 1.70 bits per heavy atom. The Labute approximate surface area is 187 Å². The van der Waals surface area contributed by atoms with Gasteiger partial charge in [0.15, 0.2) is 6.29 Å². The SMILES string of the molecule is O=C(O)C(=O)OCC(OCCOCCSn1c(=O)[nH]c(=O)[nH]c1=O)OCC(O)(O)OCCO. The summed E-state index contributed by atoms with van der Waals surface area (Å²) in [5.74, 6) is -6.11.